The van der Waals surface area contributed by atoms with Crippen molar-refractivity contribution < 1.29 is 44.7 Å². The van der Waals surface area contributed by atoms with Crippen LogP contribution in [0.2, 0.25) is 0 Å². The maximum atomic E-state index is 2.26. The third-order valence-corrected chi connectivity index (χ3v) is 3.93. The van der Waals surface area contributed by atoms with Crippen LogP contribution in [0.5, 0.6) is 0 Å². The Bertz CT molecular complexity index is 65.0. The van der Waals surface area contributed by atoms with Crippen molar-refractivity contribution in [2.45, 2.75) is 58.3 Å². The molecular formula is C10H22Cl2PTi. The van der Waals surface area contributed by atoms with Gasteiger partial charge in [0.05, 0.1) is 0 Å². The molecule has 0 aromatic rings. The fourth-order valence-electron chi connectivity index (χ4n) is 1.33. The monoisotopic (exact) mass is 291 g/mol. The molecule has 4 heteroatoms. The van der Waals surface area contributed by atoms with Gasteiger partial charge in [0.25, 0.3) is 0 Å². The van der Waals surface area contributed by atoms with Crippen LogP contribution < -0.4 is 24.8 Å². The van der Waals surface area contributed by atoms with Gasteiger partial charge in [0.2, 0.25) is 0 Å². The topological polar surface area (TPSA) is 0 Å². The molecule has 14 heavy (non-hydrogen) atoms. The summed E-state index contributed by atoms with van der Waals surface area (Å²) in [6.45, 7) is 3.40. The molecule has 1 unspecified atom stereocenters. The van der Waals surface area contributed by atoms with E-state index in [0.29, 0.717) is 0 Å². The predicted octanol–water partition coefficient (Wildman–Crippen LogP) is -1.72. The summed E-state index contributed by atoms with van der Waals surface area (Å²) in [5.41, 5.74) is 0. The van der Waals surface area contributed by atoms with Crippen molar-refractivity contribution in [1.29, 1.82) is 0 Å². The SMILES string of the molecule is C1CCCCC1.CCCC[PH][Ti+2].[Cl-].[Cl-]. The van der Waals surface area contributed by atoms with Crippen LogP contribution in [0.4, 0.5) is 0 Å². The van der Waals surface area contributed by atoms with Gasteiger partial charge in [-0.25, -0.2) is 0 Å². The summed E-state index contributed by atoms with van der Waals surface area (Å²) in [7, 11) is 0. The molecule has 0 bridgehead atoms. The van der Waals surface area contributed by atoms with E-state index in [1.807, 2.05) is 0 Å². The zero-order valence-electron chi connectivity index (χ0n) is 9.12. The van der Waals surface area contributed by atoms with Gasteiger partial charge in [-0.05, 0) is 0 Å². The predicted molar refractivity (Wildman–Crippen MR) is 55.8 cm³/mol. The Morgan fingerprint density at radius 2 is 1.29 bits per heavy atom. The van der Waals surface area contributed by atoms with Crippen LogP contribution in [0.15, 0.2) is 0 Å². The average molecular weight is 292 g/mol. The molecule has 0 aliphatic heterocycles. The van der Waals surface area contributed by atoms with Gasteiger partial charge < -0.3 is 24.8 Å². The third-order valence-electron chi connectivity index (χ3n) is 2.16. The maximum absolute atomic E-state index is 2.26. The molecule has 1 aliphatic carbocycles. The summed E-state index contributed by atoms with van der Waals surface area (Å²) in [6, 6.07) is 0. The molecule has 0 aromatic carbocycles. The Labute approximate surface area is 115 Å². The second-order valence-corrected chi connectivity index (χ2v) is 5.91. The van der Waals surface area contributed by atoms with Crippen molar-refractivity contribution in [2.75, 3.05) is 6.16 Å². The Morgan fingerprint density at radius 3 is 1.43 bits per heavy atom. The molecule has 85 valence electrons. The number of hydrogen-bond donors (Lipinski definition) is 0. The van der Waals surface area contributed by atoms with Gasteiger partial charge >= 0.3 is 52.4 Å². The fraction of sp³-hybridized carbons (Fsp3) is 1.00. The Hall–Kier alpha value is 1.72. The second kappa shape index (κ2) is 20.2. The molecular weight excluding hydrogens is 270 g/mol. The summed E-state index contributed by atoms with van der Waals surface area (Å²) in [6.07, 6.45) is 13.2. The third kappa shape index (κ3) is 19.3. The minimum atomic E-state index is 0. The first-order valence-corrected chi connectivity index (χ1v) is 8.86. The van der Waals surface area contributed by atoms with Crippen LogP contribution in [0.25, 0.3) is 0 Å². The Balaban J connectivity index is -0.000000151. The number of rotatable bonds is 3. The molecule has 0 radical (unpaired) electrons. The molecule has 0 nitrogen and oxygen atoms in total. The van der Waals surface area contributed by atoms with E-state index in [1.54, 1.807) is 0 Å². The molecule has 1 aliphatic rings. The van der Waals surface area contributed by atoms with Crippen molar-refractivity contribution in [1.82, 2.24) is 0 Å². The average Bonchev–Trinajstić information content (AvgIpc) is 2.18. The van der Waals surface area contributed by atoms with Crippen LogP contribution >= 0.6 is 6.57 Å². The first kappa shape index (κ1) is 21.1. The minimum Gasteiger partial charge on any atom is -1.00 e. The number of halogens is 2. The van der Waals surface area contributed by atoms with Crippen LogP contribution in [0.1, 0.15) is 58.3 Å². The molecule has 1 rings (SSSR count). The maximum Gasteiger partial charge on any atom is -1.00 e. The molecule has 1 saturated carbocycles. The van der Waals surface area contributed by atoms with E-state index in [1.165, 1.54) is 57.5 Å². The molecule has 0 N–H and O–H groups in total. The van der Waals surface area contributed by atoms with Crippen molar-refractivity contribution in [3.05, 3.63) is 0 Å². The van der Waals surface area contributed by atoms with Crippen LogP contribution in [-0.4, -0.2) is 6.16 Å². The molecule has 1 fully saturated rings. The van der Waals surface area contributed by atoms with E-state index in [9.17, 15) is 0 Å². The van der Waals surface area contributed by atoms with Crippen LogP contribution in [0, 0.1) is 0 Å². The Kier molecular flexibility index (Phi) is 30.3. The van der Waals surface area contributed by atoms with Crippen molar-refractivity contribution in [3.63, 3.8) is 0 Å². The van der Waals surface area contributed by atoms with E-state index in [0.717, 1.165) is 6.57 Å². The van der Waals surface area contributed by atoms with Gasteiger partial charge in [0.15, 0.2) is 0 Å². The van der Waals surface area contributed by atoms with Crippen molar-refractivity contribution >= 4 is 6.57 Å². The summed E-state index contributed by atoms with van der Waals surface area (Å²) < 4.78 is 0. The Morgan fingerprint density at radius 1 is 0.929 bits per heavy atom. The minimum absolute atomic E-state index is 0. The summed E-state index contributed by atoms with van der Waals surface area (Å²) in [4.78, 5) is 0. The van der Waals surface area contributed by atoms with E-state index in [-0.39, 0.29) is 24.8 Å². The van der Waals surface area contributed by atoms with Gasteiger partial charge in [-0.15, -0.1) is 0 Å². The van der Waals surface area contributed by atoms with Gasteiger partial charge in [-0.1, -0.05) is 38.5 Å². The zero-order chi connectivity index (χ0) is 9.07. The van der Waals surface area contributed by atoms with Crippen molar-refractivity contribution in [3.8, 4) is 0 Å². The van der Waals surface area contributed by atoms with E-state index < -0.39 is 0 Å². The molecule has 0 heterocycles. The fourth-order valence-corrected chi connectivity index (χ4v) is 2.68. The van der Waals surface area contributed by atoms with E-state index >= 15 is 0 Å². The quantitative estimate of drug-likeness (QED) is 0.330. The van der Waals surface area contributed by atoms with Crippen LogP contribution in [-0.2, 0) is 19.9 Å². The first-order valence-electron chi connectivity index (χ1n) is 5.31. The smallest absolute Gasteiger partial charge is 1.00 e. The normalized spacial score (nSPS) is 15.1. The van der Waals surface area contributed by atoms with E-state index in [4.69, 9.17) is 0 Å². The van der Waals surface area contributed by atoms with Crippen LogP contribution in [0.3, 0.4) is 0 Å². The standard InChI is InChI=1S/C6H12.C4H10P.2ClH.Ti/c1-2-4-6-5-3-1;1-2-3-4-5;;;/h1-6H2;5H,2-4H2,1H3;2*1H;/q;-1;;;+3/p-2. The second-order valence-electron chi connectivity index (χ2n) is 3.40. The van der Waals surface area contributed by atoms with Gasteiger partial charge in [-0.2, -0.15) is 0 Å². The zero-order valence-corrected chi connectivity index (χ0v) is 13.2. The first-order chi connectivity index (χ1) is 5.91. The number of hydrogen-bond acceptors (Lipinski definition) is 0. The molecule has 0 amide bonds. The van der Waals surface area contributed by atoms with Gasteiger partial charge in [0, 0.05) is 0 Å². The summed E-state index contributed by atoms with van der Waals surface area (Å²) >= 11 is 2.26. The molecule has 1 atom stereocenters. The molecule has 0 saturated heterocycles. The van der Waals surface area contributed by atoms with Gasteiger partial charge in [0.1, 0.15) is 0 Å². The molecule has 0 aromatic heterocycles. The van der Waals surface area contributed by atoms with E-state index in [2.05, 4.69) is 26.8 Å². The summed E-state index contributed by atoms with van der Waals surface area (Å²) in [5.74, 6) is 0. The number of unbranched alkanes of at least 4 members (excludes halogenated alkanes) is 1. The largest absolute Gasteiger partial charge is 1.00 e. The van der Waals surface area contributed by atoms with Gasteiger partial charge in [-0.3, -0.25) is 0 Å². The molecule has 0 spiro atoms. The van der Waals surface area contributed by atoms with Crippen molar-refractivity contribution in [2.24, 2.45) is 0 Å². The summed E-state index contributed by atoms with van der Waals surface area (Å²) in [5, 5.41) is 0.